The minimum Gasteiger partial charge on any atom is -0.492 e. The molecule has 0 unspecified atom stereocenters. The van der Waals surface area contributed by atoms with Gasteiger partial charge in [-0.1, -0.05) is 12.1 Å². The summed E-state index contributed by atoms with van der Waals surface area (Å²) in [7, 11) is 0. The standard InChI is InChI=1S/C20H26N2O4/c1-6-25-18-10-8-7-9-17(18)21-19(23)12-26-20(24)16-11-14(4)22(13(2)3)15(16)5/h7-11,13H,6,12H2,1-5H3,(H,21,23). The highest BCUT2D eigenvalue weighted by molar-refractivity contribution is 5.96. The van der Waals surface area contributed by atoms with Crippen molar-refractivity contribution in [2.45, 2.75) is 40.7 Å². The quantitative estimate of drug-likeness (QED) is 0.763. The molecule has 1 N–H and O–H groups in total. The van der Waals surface area contributed by atoms with E-state index in [0.717, 1.165) is 11.4 Å². The van der Waals surface area contributed by atoms with Crippen LogP contribution in [0, 0.1) is 13.8 Å². The Hall–Kier alpha value is -2.76. The molecule has 0 bridgehead atoms. The fourth-order valence-electron chi connectivity index (χ4n) is 3.02. The second kappa shape index (κ2) is 8.56. The Bertz CT molecular complexity index is 793. The lowest BCUT2D eigenvalue weighted by Gasteiger charge is -2.13. The molecule has 2 rings (SSSR count). The summed E-state index contributed by atoms with van der Waals surface area (Å²) in [5.74, 6) is -0.337. The number of anilines is 1. The predicted molar refractivity (Wildman–Crippen MR) is 101 cm³/mol. The molecule has 1 amide bonds. The molecule has 26 heavy (non-hydrogen) atoms. The van der Waals surface area contributed by atoms with Crippen LogP contribution in [-0.2, 0) is 9.53 Å². The first kappa shape index (κ1) is 19.6. The van der Waals surface area contributed by atoms with Gasteiger partial charge >= 0.3 is 5.97 Å². The van der Waals surface area contributed by atoms with Crippen LogP contribution in [0.3, 0.4) is 0 Å². The molecule has 140 valence electrons. The van der Waals surface area contributed by atoms with E-state index in [1.165, 1.54) is 0 Å². The summed E-state index contributed by atoms with van der Waals surface area (Å²) in [5.41, 5.74) is 2.86. The van der Waals surface area contributed by atoms with Gasteiger partial charge in [0.05, 0.1) is 17.9 Å². The number of amides is 1. The average Bonchev–Trinajstić information content (AvgIpc) is 2.89. The normalized spacial score (nSPS) is 10.7. The largest absolute Gasteiger partial charge is 0.492 e. The van der Waals surface area contributed by atoms with Crippen molar-refractivity contribution < 1.29 is 19.1 Å². The zero-order valence-corrected chi connectivity index (χ0v) is 16.0. The summed E-state index contributed by atoms with van der Waals surface area (Å²) in [6.45, 7) is 9.94. The van der Waals surface area contributed by atoms with Gasteiger partial charge < -0.3 is 19.4 Å². The lowest BCUT2D eigenvalue weighted by atomic mass is 10.2. The Kier molecular flexibility index (Phi) is 6.44. The highest BCUT2D eigenvalue weighted by atomic mass is 16.5. The maximum Gasteiger partial charge on any atom is 0.340 e. The van der Waals surface area contributed by atoms with Crippen LogP contribution in [0.15, 0.2) is 30.3 Å². The van der Waals surface area contributed by atoms with Gasteiger partial charge in [-0.05, 0) is 52.8 Å². The van der Waals surface area contributed by atoms with Crippen LogP contribution in [0.5, 0.6) is 5.75 Å². The number of nitrogens with one attached hydrogen (secondary N) is 1. The summed E-state index contributed by atoms with van der Waals surface area (Å²) in [6.07, 6.45) is 0. The zero-order chi connectivity index (χ0) is 19.3. The molecule has 0 saturated carbocycles. The van der Waals surface area contributed by atoms with E-state index in [4.69, 9.17) is 9.47 Å². The number of aryl methyl sites for hydroxylation is 1. The third-order valence-electron chi connectivity index (χ3n) is 4.02. The molecule has 1 heterocycles. The van der Waals surface area contributed by atoms with Crippen molar-refractivity contribution in [2.24, 2.45) is 0 Å². The van der Waals surface area contributed by atoms with Crippen LogP contribution in [0.2, 0.25) is 0 Å². The topological polar surface area (TPSA) is 69.6 Å². The van der Waals surface area contributed by atoms with Crippen LogP contribution in [0.4, 0.5) is 5.69 Å². The number of hydrogen-bond donors (Lipinski definition) is 1. The number of nitrogens with zero attached hydrogens (tertiary/aromatic N) is 1. The zero-order valence-electron chi connectivity index (χ0n) is 16.0. The molecule has 0 atom stereocenters. The molecule has 1 aromatic carbocycles. The van der Waals surface area contributed by atoms with E-state index in [2.05, 4.69) is 23.7 Å². The monoisotopic (exact) mass is 358 g/mol. The van der Waals surface area contributed by atoms with Crippen molar-refractivity contribution in [3.05, 3.63) is 47.3 Å². The Morgan fingerprint density at radius 2 is 1.88 bits per heavy atom. The summed E-state index contributed by atoms with van der Waals surface area (Å²) in [4.78, 5) is 24.5. The van der Waals surface area contributed by atoms with Crippen molar-refractivity contribution in [3.8, 4) is 5.75 Å². The maximum absolute atomic E-state index is 12.3. The lowest BCUT2D eigenvalue weighted by molar-refractivity contribution is -0.119. The molecule has 1 aromatic heterocycles. The van der Waals surface area contributed by atoms with E-state index in [9.17, 15) is 9.59 Å². The molecular weight excluding hydrogens is 332 g/mol. The van der Waals surface area contributed by atoms with Gasteiger partial charge in [-0.3, -0.25) is 4.79 Å². The number of esters is 1. The molecule has 6 heteroatoms. The van der Waals surface area contributed by atoms with E-state index in [0.29, 0.717) is 23.6 Å². The summed E-state index contributed by atoms with van der Waals surface area (Å²) in [5, 5.41) is 2.71. The minimum atomic E-state index is -0.502. The van der Waals surface area contributed by atoms with E-state index < -0.39 is 11.9 Å². The highest BCUT2D eigenvalue weighted by Gasteiger charge is 2.19. The smallest absolute Gasteiger partial charge is 0.340 e. The molecule has 0 aliphatic heterocycles. The predicted octanol–water partition coefficient (Wildman–Crippen LogP) is 3.88. The molecule has 6 nitrogen and oxygen atoms in total. The van der Waals surface area contributed by atoms with Gasteiger partial charge in [-0.15, -0.1) is 0 Å². The minimum absolute atomic E-state index is 0.245. The van der Waals surface area contributed by atoms with Crippen molar-refractivity contribution in [2.75, 3.05) is 18.5 Å². The van der Waals surface area contributed by atoms with Gasteiger partial charge in [0.15, 0.2) is 6.61 Å². The number of carbonyl (C=O) groups is 2. The van der Waals surface area contributed by atoms with Gasteiger partial charge in [0.1, 0.15) is 5.75 Å². The molecule has 0 spiro atoms. The Morgan fingerprint density at radius 3 is 2.50 bits per heavy atom. The first-order valence-corrected chi connectivity index (χ1v) is 8.72. The van der Waals surface area contributed by atoms with E-state index in [-0.39, 0.29) is 12.6 Å². The number of para-hydroxylation sites is 2. The average molecular weight is 358 g/mol. The SMILES string of the molecule is CCOc1ccccc1NC(=O)COC(=O)c1cc(C)n(C(C)C)c1C. The fourth-order valence-corrected chi connectivity index (χ4v) is 3.02. The first-order valence-electron chi connectivity index (χ1n) is 8.72. The first-order chi connectivity index (χ1) is 12.3. The second-order valence-electron chi connectivity index (χ2n) is 6.30. The van der Waals surface area contributed by atoms with Gasteiger partial charge in [0, 0.05) is 17.4 Å². The molecule has 0 aliphatic rings. The second-order valence-corrected chi connectivity index (χ2v) is 6.30. The third-order valence-corrected chi connectivity index (χ3v) is 4.02. The summed E-state index contributed by atoms with van der Waals surface area (Å²) in [6, 6.07) is 9.16. The summed E-state index contributed by atoms with van der Waals surface area (Å²) < 4.78 is 12.7. The van der Waals surface area contributed by atoms with Gasteiger partial charge in [-0.25, -0.2) is 4.79 Å². The lowest BCUT2D eigenvalue weighted by Crippen LogP contribution is -2.21. The van der Waals surface area contributed by atoms with Gasteiger partial charge in [0.25, 0.3) is 5.91 Å². The van der Waals surface area contributed by atoms with Crippen LogP contribution in [0.25, 0.3) is 0 Å². The number of benzene rings is 1. The highest BCUT2D eigenvalue weighted by Crippen LogP contribution is 2.24. The molecule has 0 saturated heterocycles. The number of carbonyl (C=O) groups excluding carboxylic acids is 2. The summed E-state index contributed by atoms with van der Waals surface area (Å²) >= 11 is 0. The number of rotatable bonds is 7. The van der Waals surface area contributed by atoms with E-state index in [1.807, 2.05) is 26.8 Å². The van der Waals surface area contributed by atoms with Crippen molar-refractivity contribution in [3.63, 3.8) is 0 Å². The van der Waals surface area contributed by atoms with E-state index in [1.54, 1.807) is 24.3 Å². The van der Waals surface area contributed by atoms with Crippen molar-refractivity contribution >= 4 is 17.6 Å². The molecule has 0 fully saturated rings. The third kappa shape index (κ3) is 4.45. The molecular formula is C20H26N2O4. The number of aromatic nitrogens is 1. The van der Waals surface area contributed by atoms with Gasteiger partial charge in [0.2, 0.25) is 0 Å². The Morgan fingerprint density at radius 1 is 1.19 bits per heavy atom. The van der Waals surface area contributed by atoms with Gasteiger partial charge in [-0.2, -0.15) is 0 Å². The Balaban J connectivity index is 2.00. The van der Waals surface area contributed by atoms with Crippen LogP contribution < -0.4 is 10.1 Å². The van der Waals surface area contributed by atoms with Crippen molar-refractivity contribution in [1.29, 1.82) is 0 Å². The van der Waals surface area contributed by atoms with E-state index >= 15 is 0 Å². The molecule has 2 aromatic rings. The maximum atomic E-state index is 12.3. The van der Waals surface area contributed by atoms with Crippen LogP contribution >= 0.6 is 0 Å². The molecule has 0 radical (unpaired) electrons. The van der Waals surface area contributed by atoms with Crippen LogP contribution in [0.1, 0.15) is 48.6 Å². The molecule has 0 aliphatic carbocycles. The van der Waals surface area contributed by atoms with Crippen molar-refractivity contribution in [1.82, 2.24) is 4.57 Å². The number of ether oxygens (including phenoxy) is 2. The number of hydrogen-bond acceptors (Lipinski definition) is 4. The fraction of sp³-hybridized carbons (Fsp3) is 0.400. The Labute approximate surface area is 154 Å². The van der Waals surface area contributed by atoms with Crippen LogP contribution in [-0.4, -0.2) is 29.7 Å².